The Balaban J connectivity index is 1.56. The van der Waals surface area contributed by atoms with Crippen molar-refractivity contribution >= 4 is 34.5 Å². The second-order valence-corrected chi connectivity index (χ2v) is 6.31. The molecule has 2 heterocycles. The second kappa shape index (κ2) is 6.73. The van der Waals surface area contributed by atoms with E-state index in [2.05, 4.69) is 25.5 Å². The average Bonchev–Trinajstić information content (AvgIpc) is 3.24. The quantitative estimate of drug-likeness (QED) is 0.504. The third kappa shape index (κ3) is 3.22. The summed E-state index contributed by atoms with van der Waals surface area (Å²) < 4.78 is 1.60. The van der Waals surface area contributed by atoms with Crippen molar-refractivity contribution in [1.82, 2.24) is 24.7 Å². The van der Waals surface area contributed by atoms with E-state index in [-0.39, 0.29) is 17.5 Å². The molecule has 0 saturated heterocycles. The molecule has 4 rings (SSSR count). The van der Waals surface area contributed by atoms with Crippen LogP contribution < -0.4 is 11.0 Å². The minimum atomic E-state index is -0.372. The molecule has 27 heavy (non-hydrogen) atoms. The van der Waals surface area contributed by atoms with Crippen LogP contribution in [-0.2, 0) is 6.54 Å². The summed E-state index contributed by atoms with van der Waals surface area (Å²) in [6.45, 7) is 2.44. The monoisotopic (exact) mass is 382 g/mol. The van der Waals surface area contributed by atoms with Crippen molar-refractivity contribution in [2.45, 2.75) is 13.5 Å². The summed E-state index contributed by atoms with van der Waals surface area (Å²) in [5.74, 6) is 0.301. The van der Waals surface area contributed by atoms with Gasteiger partial charge in [-0.3, -0.25) is 19.8 Å². The van der Waals surface area contributed by atoms with Crippen LogP contribution in [0.5, 0.6) is 0 Å². The van der Waals surface area contributed by atoms with E-state index in [9.17, 15) is 9.59 Å². The molecule has 1 amide bonds. The number of halogens is 1. The molecule has 0 aliphatic rings. The van der Waals surface area contributed by atoms with Crippen molar-refractivity contribution in [1.29, 1.82) is 0 Å². The number of nitrogens with one attached hydrogen (secondary N) is 3. The molecule has 0 unspecified atom stereocenters. The number of benzene rings is 2. The van der Waals surface area contributed by atoms with Gasteiger partial charge >= 0.3 is 5.69 Å². The molecule has 2 aromatic heterocycles. The van der Waals surface area contributed by atoms with Crippen LogP contribution >= 0.6 is 11.6 Å². The van der Waals surface area contributed by atoms with E-state index in [0.29, 0.717) is 28.5 Å². The number of hydrogen-bond donors (Lipinski definition) is 3. The zero-order chi connectivity index (χ0) is 19.0. The summed E-state index contributed by atoms with van der Waals surface area (Å²) in [5, 5.41) is 10.1. The molecular weight excluding hydrogens is 368 g/mol. The minimum absolute atomic E-state index is 0.157. The lowest BCUT2D eigenvalue weighted by atomic mass is 10.2. The van der Waals surface area contributed by atoms with Crippen molar-refractivity contribution in [2.24, 2.45) is 0 Å². The first-order valence-electron chi connectivity index (χ1n) is 8.27. The first-order valence-corrected chi connectivity index (χ1v) is 8.65. The number of fused-ring (bicyclic) bond motifs is 1. The highest BCUT2D eigenvalue weighted by Gasteiger charge is 2.13. The van der Waals surface area contributed by atoms with E-state index < -0.39 is 0 Å². The van der Waals surface area contributed by atoms with Gasteiger partial charge in [-0.15, -0.1) is 5.10 Å². The van der Waals surface area contributed by atoms with Crippen LogP contribution in [0.1, 0.15) is 17.3 Å². The zero-order valence-electron chi connectivity index (χ0n) is 14.3. The molecule has 0 radical (unpaired) electrons. The fraction of sp³-hybridized carbons (Fsp3) is 0.111. The van der Waals surface area contributed by atoms with E-state index in [0.717, 1.165) is 11.1 Å². The normalized spacial score (nSPS) is 11.0. The predicted molar refractivity (Wildman–Crippen MR) is 103 cm³/mol. The van der Waals surface area contributed by atoms with Gasteiger partial charge in [-0.2, -0.15) is 4.98 Å². The number of H-pyrrole nitrogens is 2. The predicted octanol–water partition coefficient (Wildman–Crippen LogP) is 3.04. The largest absolute Gasteiger partial charge is 0.326 e. The third-order valence-electron chi connectivity index (χ3n) is 4.18. The number of carbonyl (C=O) groups excluding carboxylic acids is 1. The van der Waals surface area contributed by atoms with Crippen molar-refractivity contribution in [3.8, 4) is 11.4 Å². The number of rotatable bonds is 4. The summed E-state index contributed by atoms with van der Waals surface area (Å²) in [6, 6.07) is 12.1. The van der Waals surface area contributed by atoms with Gasteiger partial charge in [0, 0.05) is 22.7 Å². The lowest BCUT2D eigenvalue weighted by Gasteiger charge is -2.02. The molecule has 0 aliphatic carbocycles. The number of anilines is 1. The van der Waals surface area contributed by atoms with E-state index in [1.165, 1.54) is 0 Å². The van der Waals surface area contributed by atoms with Crippen molar-refractivity contribution < 1.29 is 4.79 Å². The molecule has 2 aromatic carbocycles. The highest BCUT2D eigenvalue weighted by atomic mass is 35.5. The lowest BCUT2D eigenvalue weighted by molar-refractivity contribution is 0.102. The van der Waals surface area contributed by atoms with E-state index in [1.807, 2.05) is 6.92 Å². The fourth-order valence-electron chi connectivity index (χ4n) is 2.85. The Kier molecular flexibility index (Phi) is 4.25. The SMILES string of the molecule is CCn1c(=O)[nH]c2cc(C(=O)Nc3n[nH]c(-c4ccc(Cl)cc4)n3)ccc21. The molecule has 8 nitrogen and oxygen atoms in total. The maximum atomic E-state index is 12.5. The Labute approximate surface area is 158 Å². The van der Waals surface area contributed by atoms with Gasteiger partial charge in [0.15, 0.2) is 5.82 Å². The van der Waals surface area contributed by atoms with Crippen molar-refractivity contribution in [3.63, 3.8) is 0 Å². The van der Waals surface area contributed by atoms with Crippen LogP contribution in [0, 0.1) is 0 Å². The Morgan fingerprint density at radius 2 is 2.00 bits per heavy atom. The second-order valence-electron chi connectivity index (χ2n) is 5.87. The van der Waals surface area contributed by atoms with E-state index >= 15 is 0 Å². The molecule has 0 fully saturated rings. The number of aromatic amines is 2. The van der Waals surface area contributed by atoms with Crippen LogP contribution in [0.3, 0.4) is 0 Å². The number of aromatic nitrogens is 5. The molecule has 3 N–H and O–H groups in total. The van der Waals surface area contributed by atoms with Gasteiger partial charge in [-0.1, -0.05) is 11.6 Å². The minimum Gasteiger partial charge on any atom is -0.306 e. The topological polar surface area (TPSA) is 108 Å². The van der Waals surface area contributed by atoms with Crippen LogP contribution in [0.15, 0.2) is 47.3 Å². The molecule has 0 aliphatic heterocycles. The maximum Gasteiger partial charge on any atom is 0.326 e. The number of nitrogens with zero attached hydrogens (tertiary/aromatic N) is 3. The number of aryl methyl sites for hydroxylation is 1. The first kappa shape index (κ1) is 17.0. The molecule has 9 heteroatoms. The van der Waals surface area contributed by atoms with Gasteiger partial charge in [0.25, 0.3) is 5.91 Å². The van der Waals surface area contributed by atoms with Gasteiger partial charge in [0.05, 0.1) is 11.0 Å². The van der Waals surface area contributed by atoms with Crippen molar-refractivity contribution in [2.75, 3.05) is 5.32 Å². The summed E-state index contributed by atoms with van der Waals surface area (Å²) in [7, 11) is 0. The Bertz CT molecular complexity index is 1190. The molecule has 0 bridgehead atoms. The highest BCUT2D eigenvalue weighted by molar-refractivity contribution is 6.30. The molecular formula is C18H15ClN6O2. The number of amides is 1. The molecule has 0 spiro atoms. The summed E-state index contributed by atoms with van der Waals surface area (Å²) in [5.41, 5.74) is 2.34. The standard InChI is InChI=1S/C18H15ClN6O2/c1-2-25-14-8-5-11(9-13(14)20-18(25)27)16(26)22-17-21-15(23-24-17)10-3-6-12(19)7-4-10/h3-9H,2H2,1H3,(H,20,27)(H2,21,22,23,24,26). The molecule has 0 atom stereocenters. The van der Waals surface area contributed by atoms with Gasteiger partial charge in [0.1, 0.15) is 0 Å². The number of hydrogen-bond acceptors (Lipinski definition) is 4. The summed E-state index contributed by atoms with van der Waals surface area (Å²) >= 11 is 5.88. The Morgan fingerprint density at radius 1 is 1.22 bits per heavy atom. The Morgan fingerprint density at radius 3 is 2.74 bits per heavy atom. The van der Waals surface area contributed by atoms with Gasteiger partial charge in [0.2, 0.25) is 5.95 Å². The van der Waals surface area contributed by atoms with E-state index in [4.69, 9.17) is 11.6 Å². The maximum absolute atomic E-state index is 12.5. The smallest absolute Gasteiger partial charge is 0.306 e. The third-order valence-corrected chi connectivity index (χ3v) is 4.43. The molecule has 0 saturated carbocycles. The average molecular weight is 383 g/mol. The van der Waals surface area contributed by atoms with Crippen molar-refractivity contribution in [3.05, 3.63) is 63.5 Å². The lowest BCUT2D eigenvalue weighted by Crippen LogP contribution is -2.14. The van der Waals surface area contributed by atoms with Crippen LogP contribution in [0.4, 0.5) is 5.95 Å². The van der Waals surface area contributed by atoms with Gasteiger partial charge < -0.3 is 4.98 Å². The fourth-order valence-corrected chi connectivity index (χ4v) is 2.97. The summed E-state index contributed by atoms with van der Waals surface area (Å²) in [6.07, 6.45) is 0. The Hall–Kier alpha value is -3.39. The van der Waals surface area contributed by atoms with Crippen LogP contribution in [0.2, 0.25) is 5.02 Å². The first-order chi connectivity index (χ1) is 13.0. The molecule has 4 aromatic rings. The van der Waals surface area contributed by atoms with E-state index in [1.54, 1.807) is 47.0 Å². The van der Waals surface area contributed by atoms with Crippen LogP contribution in [0.25, 0.3) is 22.4 Å². The number of imidazole rings is 1. The zero-order valence-corrected chi connectivity index (χ0v) is 15.0. The van der Waals surface area contributed by atoms with Gasteiger partial charge in [-0.25, -0.2) is 4.79 Å². The highest BCUT2D eigenvalue weighted by Crippen LogP contribution is 2.19. The summed E-state index contributed by atoms with van der Waals surface area (Å²) in [4.78, 5) is 31.4. The van der Waals surface area contributed by atoms with Gasteiger partial charge in [-0.05, 0) is 49.4 Å². The molecule has 136 valence electrons. The number of carbonyl (C=O) groups is 1. The van der Waals surface area contributed by atoms with Crippen LogP contribution in [-0.4, -0.2) is 30.6 Å².